The van der Waals surface area contributed by atoms with Crippen LogP contribution in [-0.4, -0.2) is 48.6 Å². The van der Waals surface area contributed by atoms with Crippen molar-refractivity contribution in [2.75, 3.05) is 40.8 Å². The first kappa shape index (κ1) is 16.1. The normalized spacial score (nSPS) is 17.9. The summed E-state index contributed by atoms with van der Waals surface area (Å²) in [6.07, 6.45) is 0.605. The maximum atomic E-state index is 11.8. The third-order valence-corrected chi connectivity index (χ3v) is 6.20. The molecule has 1 aromatic rings. The second-order valence-corrected chi connectivity index (χ2v) is 8.56. The summed E-state index contributed by atoms with van der Waals surface area (Å²) in [4.78, 5) is 0. The standard InChI is InChI=1S/C12H18N2O5S2/c1-19-8-10-20(15,16)13-11-3-5-12(6-4-11)14-7-2-9-21(14,17)18/h3-6,13H,2,7-10H2,1H3. The number of nitrogens with one attached hydrogen (secondary N) is 1. The Labute approximate surface area is 125 Å². The second kappa shape index (κ2) is 6.20. The Balaban J connectivity index is 2.09. The fourth-order valence-electron chi connectivity index (χ4n) is 2.05. The van der Waals surface area contributed by atoms with Gasteiger partial charge in [0.2, 0.25) is 20.0 Å². The molecule has 1 saturated heterocycles. The van der Waals surface area contributed by atoms with Gasteiger partial charge in [-0.2, -0.15) is 0 Å². The quantitative estimate of drug-likeness (QED) is 0.823. The first-order valence-corrected chi connectivity index (χ1v) is 9.70. The van der Waals surface area contributed by atoms with E-state index in [1.54, 1.807) is 24.3 Å². The van der Waals surface area contributed by atoms with Crippen molar-refractivity contribution in [3.8, 4) is 0 Å². The Morgan fingerprint density at radius 1 is 1.29 bits per heavy atom. The zero-order valence-electron chi connectivity index (χ0n) is 11.6. The summed E-state index contributed by atoms with van der Waals surface area (Å²) in [5.41, 5.74) is 0.943. The van der Waals surface area contributed by atoms with Gasteiger partial charge in [0, 0.05) is 19.3 Å². The molecular formula is C12H18N2O5S2. The van der Waals surface area contributed by atoms with E-state index in [4.69, 9.17) is 4.74 Å². The number of ether oxygens (including phenoxy) is 1. The third-order valence-electron chi connectivity index (χ3n) is 3.08. The second-order valence-electron chi connectivity index (χ2n) is 4.70. The van der Waals surface area contributed by atoms with Gasteiger partial charge in [-0.1, -0.05) is 0 Å². The van der Waals surface area contributed by atoms with Crippen LogP contribution in [0.15, 0.2) is 24.3 Å². The molecule has 0 bridgehead atoms. The Bertz CT molecular complexity index is 683. The lowest BCUT2D eigenvalue weighted by molar-refractivity contribution is 0.217. The summed E-state index contributed by atoms with van der Waals surface area (Å²) < 4.78 is 55.5. The maximum absolute atomic E-state index is 11.8. The summed E-state index contributed by atoms with van der Waals surface area (Å²) in [6, 6.07) is 6.29. The van der Waals surface area contributed by atoms with Crippen molar-refractivity contribution in [1.82, 2.24) is 0 Å². The summed E-state index contributed by atoms with van der Waals surface area (Å²) in [5, 5.41) is 0. The van der Waals surface area contributed by atoms with Gasteiger partial charge >= 0.3 is 0 Å². The van der Waals surface area contributed by atoms with Crippen molar-refractivity contribution >= 4 is 31.4 Å². The van der Waals surface area contributed by atoms with E-state index in [1.807, 2.05) is 0 Å². The number of rotatable bonds is 6. The summed E-state index contributed by atoms with van der Waals surface area (Å²) in [6.45, 7) is 0.570. The molecule has 1 N–H and O–H groups in total. The van der Waals surface area contributed by atoms with Gasteiger partial charge in [0.25, 0.3) is 0 Å². The molecule has 0 amide bonds. The van der Waals surface area contributed by atoms with Gasteiger partial charge in [0.05, 0.1) is 23.8 Å². The molecule has 2 rings (SSSR count). The minimum absolute atomic E-state index is 0.111. The molecule has 118 valence electrons. The number of methoxy groups -OCH3 is 1. The van der Waals surface area contributed by atoms with Crippen LogP contribution in [0.1, 0.15) is 6.42 Å². The Morgan fingerprint density at radius 3 is 2.48 bits per heavy atom. The lowest BCUT2D eigenvalue weighted by Gasteiger charge is -2.17. The van der Waals surface area contributed by atoms with E-state index in [1.165, 1.54) is 11.4 Å². The number of anilines is 2. The monoisotopic (exact) mass is 334 g/mol. The molecule has 1 aromatic carbocycles. The Morgan fingerprint density at radius 2 is 1.95 bits per heavy atom. The minimum Gasteiger partial charge on any atom is -0.384 e. The fourth-order valence-corrected chi connectivity index (χ4v) is 4.60. The van der Waals surface area contributed by atoms with Crippen molar-refractivity contribution in [3.63, 3.8) is 0 Å². The molecule has 1 heterocycles. The van der Waals surface area contributed by atoms with Crippen molar-refractivity contribution in [1.29, 1.82) is 0 Å². The Hall–Kier alpha value is -1.32. The van der Waals surface area contributed by atoms with Gasteiger partial charge in [-0.3, -0.25) is 9.03 Å². The number of hydrogen-bond acceptors (Lipinski definition) is 5. The Kier molecular flexibility index (Phi) is 4.74. The number of nitrogens with zero attached hydrogens (tertiary/aromatic N) is 1. The molecule has 0 saturated carbocycles. The molecule has 1 aliphatic rings. The van der Waals surface area contributed by atoms with Crippen LogP contribution in [0, 0.1) is 0 Å². The lowest BCUT2D eigenvalue weighted by atomic mass is 10.3. The van der Waals surface area contributed by atoms with E-state index in [9.17, 15) is 16.8 Å². The molecule has 7 nitrogen and oxygen atoms in total. The van der Waals surface area contributed by atoms with Gasteiger partial charge in [0.15, 0.2) is 0 Å². The van der Waals surface area contributed by atoms with Crippen molar-refractivity contribution in [2.45, 2.75) is 6.42 Å². The minimum atomic E-state index is -3.46. The fraction of sp³-hybridized carbons (Fsp3) is 0.500. The van der Waals surface area contributed by atoms with Crippen LogP contribution in [0.4, 0.5) is 11.4 Å². The largest absolute Gasteiger partial charge is 0.384 e. The molecule has 0 unspecified atom stereocenters. The highest BCUT2D eigenvalue weighted by Crippen LogP contribution is 2.25. The number of sulfonamides is 2. The third kappa shape index (κ3) is 4.08. The van der Waals surface area contributed by atoms with Gasteiger partial charge in [-0.05, 0) is 30.7 Å². The van der Waals surface area contributed by atoms with Gasteiger partial charge in [0.1, 0.15) is 0 Å². The first-order valence-electron chi connectivity index (χ1n) is 6.44. The highest BCUT2D eigenvalue weighted by molar-refractivity contribution is 7.93. The van der Waals surface area contributed by atoms with E-state index < -0.39 is 20.0 Å². The molecule has 0 radical (unpaired) electrons. The van der Waals surface area contributed by atoms with Crippen LogP contribution in [-0.2, 0) is 24.8 Å². The number of benzene rings is 1. The van der Waals surface area contributed by atoms with E-state index in [2.05, 4.69) is 4.72 Å². The highest BCUT2D eigenvalue weighted by Gasteiger charge is 2.28. The molecule has 0 aliphatic carbocycles. The topological polar surface area (TPSA) is 92.8 Å². The molecule has 9 heteroatoms. The predicted octanol–water partition coefficient (Wildman–Crippen LogP) is 0.615. The maximum Gasteiger partial charge on any atom is 0.235 e. The molecule has 0 aromatic heterocycles. The van der Waals surface area contributed by atoms with Crippen molar-refractivity contribution < 1.29 is 21.6 Å². The molecular weight excluding hydrogens is 316 g/mol. The molecule has 0 atom stereocenters. The van der Waals surface area contributed by atoms with Crippen molar-refractivity contribution in [2.24, 2.45) is 0 Å². The zero-order valence-corrected chi connectivity index (χ0v) is 13.3. The van der Waals surface area contributed by atoms with E-state index in [0.29, 0.717) is 24.3 Å². The molecule has 1 fully saturated rings. The van der Waals surface area contributed by atoms with E-state index in [0.717, 1.165) is 0 Å². The zero-order chi connectivity index (χ0) is 15.5. The summed E-state index contributed by atoms with van der Waals surface area (Å²) in [7, 11) is -5.25. The molecule has 21 heavy (non-hydrogen) atoms. The molecule has 1 aliphatic heterocycles. The van der Waals surface area contributed by atoms with E-state index >= 15 is 0 Å². The smallest absolute Gasteiger partial charge is 0.235 e. The van der Waals surface area contributed by atoms with E-state index in [-0.39, 0.29) is 18.1 Å². The van der Waals surface area contributed by atoms with Gasteiger partial charge in [-0.15, -0.1) is 0 Å². The molecule has 0 spiro atoms. The van der Waals surface area contributed by atoms with Gasteiger partial charge in [-0.25, -0.2) is 16.8 Å². The SMILES string of the molecule is COCCS(=O)(=O)Nc1ccc(N2CCCS2(=O)=O)cc1. The van der Waals surface area contributed by atoms with Crippen LogP contribution in [0.5, 0.6) is 0 Å². The van der Waals surface area contributed by atoms with Crippen LogP contribution in [0.2, 0.25) is 0 Å². The van der Waals surface area contributed by atoms with Crippen LogP contribution in [0.25, 0.3) is 0 Å². The summed E-state index contributed by atoms with van der Waals surface area (Å²) in [5.74, 6) is 0.0180. The average Bonchev–Trinajstić information content (AvgIpc) is 2.77. The predicted molar refractivity (Wildman–Crippen MR) is 81.5 cm³/mol. The van der Waals surface area contributed by atoms with Crippen LogP contribution >= 0.6 is 0 Å². The van der Waals surface area contributed by atoms with Crippen molar-refractivity contribution in [3.05, 3.63) is 24.3 Å². The van der Waals surface area contributed by atoms with Crippen LogP contribution in [0.3, 0.4) is 0 Å². The average molecular weight is 334 g/mol. The van der Waals surface area contributed by atoms with Gasteiger partial charge < -0.3 is 4.74 Å². The van der Waals surface area contributed by atoms with Crippen LogP contribution < -0.4 is 9.03 Å². The highest BCUT2D eigenvalue weighted by atomic mass is 32.2. The summed E-state index contributed by atoms with van der Waals surface area (Å²) >= 11 is 0. The number of hydrogen-bond donors (Lipinski definition) is 1. The first-order chi connectivity index (χ1) is 9.84. The lowest BCUT2D eigenvalue weighted by Crippen LogP contribution is -2.25.